The van der Waals surface area contributed by atoms with Crippen LogP contribution >= 0.6 is 23.4 Å². The smallest absolute Gasteiger partial charge is 0.335 e. The largest absolute Gasteiger partial charge is 0.478 e. The van der Waals surface area contributed by atoms with Crippen molar-refractivity contribution in [2.45, 2.75) is 29.3 Å². The van der Waals surface area contributed by atoms with Crippen LogP contribution in [0.15, 0.2) is 64.6 Å². The molecule has 0 unspecified atom stereocenters. The second kappa shape index (κ2) is 8.81. The summed E-state index contributed by atoms with van der Waals surface area (Å²) in [6.07, 6.45) is 3.58. The van der Waals surface area contributed by atoms with E-state index in [2.05, 4.69) is 5.10 Å². The van der Waals surface area contributed by atoms with Gasteiger partial charge in [-0.1, -0.05) is 29.4 Å². The average molecular weight is 499 g/mol. The fraction of sp³-hybridized carbons (Fsp3) is 0.208. The number of carbonyl (C=O) groups is 2. The monoisotopic (exact) mass is 498 g/mol. The molecule has 2 aromatic heterocycles. The third-order valence-electron chi connectivity index (χ3n) is 6.03. The first-order chi connectivity index (χ1) is 16.3. The quantitative estimate of drug-likeness (QED) is 0.410. The van der Waals surface area contributed by atoms with Gasteiger partial charge in [-0.3, -0.25) is 9.48 Å². The van der Waals surface area contributed by atoms with Gasteiger partial charge in [0.2, 0.25) is 5.91 Å². The molecule has 0 radical (unpaired) electrons. The van der Waals surface area contributed by atoms with Crippen LogP contribution in [0.2, 0.25) is 5.02 Å². The summed E-state index contributed by atoms with van der Waals surface area (Å²) in [4.78, 5) is 27.6. The van der Waals surface area contributed by atoms with Crippen LogP contribution in [0.5, 0.6) is 0 Å². The van der Waals surface area contributed by atoms with Gasteiger partial charge in [-0.2, -0.15) is 5.10 Å². The average Bonchev–Trinajstić information content (AvgIpc) is 3.39. The highest BCUT2D eigenvalue weighted by atomic mass is 35.5. The van der Waals surface area contributed by atoms with Crippen molar-refractivity contribution >= 4 is 46.1 Å². The molecular formula is C24H20ClFN4O3S. The molecule has 0 atom stereocenters. The van der Waals surface area contributed by atoms with E-state index in [9.17, 15) is 14.7 Å². The summed E-state index contributed by atoms with van der Waals surface area (Å²) in [5.41, 5.74) is 1.14. The number of hydrogen-bond acceptors (Lipinski definition) is 4. The van der Waals surface area contributed by atoms with E-state index < -0.39 is 11.8 Å². The zero-order valence-electron chi connectivity index (χ0n) is 18.1. The van der Waals surface area contributed by atoms with E-state index in [0.29, 0.717) is 29.1 Å². The molecule has 2 aromatic carbocycles. The van der Waals surface area contributed by atoms with Gasteiger partial charge in [-0.05, 0) is 43.3 Å². The van der Waals surface area contributed by atoms with E-state index in [1.165, 1.54) is 23.9 Å². The first kappa shape index (κ1) is 22.5. The van der Waals surface area contributed by atoms with Crippen LogP contribution in [-0.4, -0.2) is 49.3 Å². The van der Waals surface area contributed by atoms with E-state index in [4.69, 9.17) is 11.6 Å². The van der Waals surface area contributed by atoms with Gasteiger partial charge in [0.15, 0.2) is 5.82 Å². The summed E-state index contributed by atoms with van der Waals surface area (Å²) < 4.78 is 18.7. The van der Waals surface area contributed by atoms with Crippen LogP contribution < -0.4 is 0 Å². The van der Waals surface area contributed by atoms with Crippen LogP contribution in [0.25, 0.3) is 10.9 Å². The number of rotatable bonds is 6. The summed E-state index contributed by atoms with van der Waals surface area (Å²) in [6.45, 7) is 2.89. The van der Waals surface area contributed by atoms with Gasteiger partial charge in [0.05, 0.1) is 22.1 Å². The Labute approximate surface area is 203 Å². The normalized spacial score (nSPS) is 13.9. The van der Waals surface area contributed by atoms with Crippen molar-refractivity contribution < 1.29 is 19.1 Å². The zero-order chi connectivity index (χ0) is 24.0. The number of nitrogens with zero attached hydrogens (tertiary/aromatic N) is 4. The number of carbonyl (C=O) groups excluding carboxylic acids is 1. The van der Waals surface area contributed by atoms with Crippen LogP contribution in [0.4, 0.5) is 4.39 Å². The van der Waals surface area contributed by atoms with E-state index in [0.717, 1.165) is 4.90 Å². The number of halogens is 2. The first-order valence-corrected chi connectivity index (χ1v) is 11.8. The standard InChI is InChI=1S/C24H20ClFN4O3S/c1-14-23(34-17-5-2-4-15(10-17)24(32)33)18-6-7-19(25)21(26)22(18)29(14)13-20(31)28-11-16(12-28)30-9-3-8-27-30/h2-10,16H,11-13H2,1H3,(H,32,33). The van der Waals surface area contributed by atoms with E-state index >= 15 is 4.39 Å². The minimum absolute atomic E-state index is 0.0224. The zero-order valence-corrected chi connectivity index (χ0v) is 19.7. The number of aromatic carboxylic acids is 1. The summed E-state index contributed by atoms with van der Waals surface area (Å²) in [6, 6.07) is 11.8. The number of carboxylic acids is 1. The predicted octanol–water partition coefficient (Wildman–Crippen LogP) is 4.87. The van der Waals surface area contributed by atoms with Gasteiger partial charge < -0.3 is 14.6 Å². The number of aromatic nitrogens is 3. The maximum absolute atomic E-state index is 15.2. The molecule has 0 bridgehead atoms. The Morgan fingerprint density at radius 3 is 2.74 bits per heavy atom. The SMILES string of the molecule is Cc1c(Sc2cccc(C(=O)O)c2)c2ccc(Cl)c(F)c2n1CC(=O)N1CC(n2cccn2)C1. The Bertz CT molecular complexity index is 1410. The van der Waals surface area contributed by atoms with Crippen molar-refractivity contribution in [1.82, 2.24) is 19.2 Å². The van der Waals surface area contributed by atoms with Crippen molar-refractivity contribution in [1.29, 1.82) is 0 Å². The highest BCUT2D eigenvalue weighted by Gasteiger charge is 2.33. The molecule has 1 N–H and O–H groups in total. The van der Waals surface area contributed by atoms with Crippen molar-refractivity contribution in [2.24, 2.45) is 0 Å². The topological polar surface area (TPSA) is 80.4 Å². The molecule has 1 fully saturated rings. The molecule has 0 spiro atoms. The number of likely N-dealkylation sites (tertiary alicyclic amines) is 1. The van der Waals surface area contributed by atoms with Crippen molar-refractivity contribution in [3.05, 3.63) is 77.0 Å². The van der Waals surface area contributed by atoms with Crippen molar-refractivity contribution in [3.63, 3.8) is 0 Å². The minimum atomic E-state index is -1.02. The molecular weight excluding hydrogens is 479 g/mol. The molecule has 0 saturated carbocycles. The molecule has 3 heterocycles. The lowest BCUT2D eigenvalue weighted by atomic mass is 10.1. The maximum Gasteiger partial charge on any atom is 0.335 e. The fourth-order valence-corrected chi connectivity index (χ4v) is 5.42. The molecule has 174 valence electrons. The lowest BCUT2D eigenvalue weighted by Gasteiger charge is -2.39. The van der Waals surface area contributed by atoms with E-state index in [-0.39, 0.29) is 34.6 Å². The number of amides is 1. The number of carboxylic acid groups (broad SMARTS) is 1. The van der Waals surface area contributed by atoms with E-state index in [1.54, 1.807) is 39.9 Å². The molecule has 7 nitrogen and oxygen atoms in total. The van der Waals surface area contributed by atoms with Gasteiger partial charge >= 0.3 is 5.97 Å². The van der Waals surface area contributed by atoms with Gasteiger partial charge in [-0.15, -0.1) is 0 Å². The van der Waals surface area contributed by atoms with Crippen LogP contribution in [0.3, 0.4) is 0 Å². The van der Waals surface area contributed by atoms with Crippen LogP contribution in [0, 0.1) is 12.7 Å². The van der Waals surface area contributed by atoms with Crippen LogP contribution in [-0.2, 0) is 11.3 Å². The van der Waals surface area contributed by atoms with Gasteiger partial charge in [-0.25, -0.2) is 9.18 Å². The molecule has 0 aliphatic carbocycles. The lowest BCUT2D eigenvalue weighted by Crippen LogP contribution is -2.51. The fourth-order valence-electron chi connectivity index (χ4n) is 4.17. The maximum atomic E-state index is 15.2. The van der Waals surface area contributed by atoms with Gasteiger partial charge in [0.25, 0.3) is 0 Å². The Kier molecular flexibility index (Phi) is 5.83. The van der Waals surface area contributed by atoms with Gasteiger partial charge in [0, 0.05) is 46.4 Å². The van der Waals surface area contributed by atoms with Gasteiger partial charge in [0.1, 0.15) is 6.54 Å². The lowest BCUT2D eigenvalue weighted by molar-refractivity contribution is -0.137. The molecule has 5 rings (SSSR count). The summed E-state index contributed by atoms with van der Waals surface area (Å²) >= 11 is 7.42. The Hall–Kier alpha value is -3.30. The molecule has 10 heteroatoms. The number of fused-ring (bicyclic) bond motifs is 1. The molecule has 34 heavy (non-hydrogen) atoms. The third kappa shape index (κ3) is 3.95. The number of hydrogen-bond donors (Lipinski definition) is 1. The minimum Gasteiger partial charge on any atom is -0.478 e. The highest BCUT2D eigenvalue weighted by Crippen LogP contribution is 2.41. The van der Waals surface area contributed by atoms with Crippen molar-refractivity contribution in [2.75, 3.05) is 13.1 Å². The molecule has 1 aliphatic rings. The highest BCUT2D eigenvalue weighted by molar-refractivity contribution is 7.99. The predicted molar refractivity (Wildman–Crippen MR) is 127 cm³/mol. The second-order valence-corrected chi connectivity index (χ2v) is 9.62. The Morgan fingerprint density at radius 1 is 1.24 bits per heavy atom. The first-order valence-electron chi connectivity index (χ1n) is 10.6. The summed E-state index contributed by atoms with van der Waals surface area (Å²) in [5, 5.41) is 14.1. The molecule has 1 aliphatic heterocycles. The summed E-state index contributed by atoms with van der Waals surface area (Å²) in [5.74, 6) is -1.72. The summed E-state index contributed by atoms with van der Waals surface area (Å²) in [7, 11) is 0. The molecule has 1 saturated heterocycles. The van der Waals surface area contributed by atoms with E-state index in [1.807, 2.05) is 23.9 Å². The molecule has 1 amide bonds. The van der Waals surface area contributed by atoms with Crippen molar-refractivity contribution in [3.8, 4) is 0 Å². The van der Waals surface area contributed by atoms with Crippen LogP contribution in [0.1, 0.15) is 22.1 Å². The second-order valence-electron chi connectivity index (χ2n) is 8.13. The molecule has 4 aromatic rings. The Balaban J connectivity index is 1.46. The third-order valence-corrected chi connectivity index (χ3v) is 7.53. The Morgan fingerprint density at radius 2 is 2.03 bits per heavy atom. The number of benzene rings is 2.